The summed E-state index contributed by atoms with van der Waals surface area (Å²) in [5, 5.41) is 0. The Morgan fingerprint density at radius 2 is 1.81 bits per heavy atom. The molecule has 0 aliphatic rings. The van der Waals surface area contributed by atoms with E-state index in [2.05, 4.69) is 0 Å². The Bertz CT molecular complexity index is 472. The Kier molecular flexibility index (Phi) is 5.39. The highest BCUT2D eigenvalue weighted by atomic mass is 19.4. The minimum atomic E-state index is -4.79. The van der Waals surface area contributed by atoms with Gasteiger partial charge in [-0.2, -0.15) is 13.2 Å². The van der Waals surface area contributed by atoms with Gasteiger partial charge in [0.1, 0.15) is 0 Å². The number of rotatable bonds is 5. The van der Waals surface area contributed by atoms with Crippen LogP contribution in [0.1, 0.15) is 32.8 Å². The molecular weight excluding hydrogens is 281 g/mol. The minimum absolute atomic E-state index is 0.109. The first-order valence-corrected chi connectivity index (χ1v) is 6.81. The third kappa shape index (κ3) is 3.97. The molecule has 3 nitrogen and oxygen atoms in total. The number of halogens is 3. The van der Waals surface area contributed by atoms with E-state index in [1.54, 1.807) is 31.2 Å². The fourth-order valence-electron chi connectivity index (χ4n) is 1.85. The van der Waals surface area contributed by atoms with Crippen molar-refractivity contribution in [1.82, 2.24) is 4.90 Å². The Morgan fingerprint density at radius 1 is 1.29 bits per heavy atom. The van der Waals surface area contributed by atoms with Crippen LogP contribution < -0.4 is 5.73 Å². The number of nitrogens with zero attached hydrogens (tertiary/aromatic N) is 1. The Hall–Kier alpha value is -1.56. The molecule has 2 atom stereocenters. The van der Waals surface area contributed by atoms with E-state index in [1.165, 1.54) is 4.90 Å². The highest BCUT2D eigenvalue weighted by molar-refractivity contribution is 5.87. The largest absolute Gasteiger partial charge is 0.415 e. The first kappa shape index (κ1) is 17.5. The van der Waals surface area contributed by atoms with Crippen LogP contribution in [0.15, 0.2) is 30.3 Å². The monoisotopic (exact) mass is 302 g/mol. The summed E-state index contributed by atoms with van der Waals surface area (Å²) in [6.45, 7) is 4.36. The summed E-state index contributed by atoms with van der Waals surface area (Å²) in [6, 6.07) is 8.57. The molecule has 0 radical (unpaired) electrons. The maximum Gasteiger partial charge on any atom is 0.415 e. The molecule has 6 heteroatoms. The fraction of sp³-hybridized carbons (Fsp3) is 0.533. The highest BCUT2D eigenvalue weighted by Crippen LogP contribution is 2.30. The molecule has 1 rings (SSSR count). The Labute approximate surface area is 122 Å². The SMILES string of the molecule is CCC(C)N(Cc1ccccc1)C(=O)C(C)(N)C(F)(F)F. The maximum atomic E-state index is 13.0. The smallest absolute Gasteiger partial charge is 0.334 e. The van der Waals surface area contributed by atoms with Crippen molar-refractivity contribution in [2.75, 3.05) is 0 Å². The van der Waals surface area contributed by atoms with E-state index >= 15 is 0 Å². The first-order chi connectivity index (χ1) is 9.61. The lowest BCUT2D eigenvalue weighted by atomic mass is 9.99. The third-order valence-electron chi connectivity index (χ3n) is 3.61. The van der Waals surface area contributed by atoms with E-state index < -0.39 is 17.6 Å². The van der Waals surface area contributed by atoms with E-state index in [0.717, 1.165) is 12.5 Å². The zero-order valence-electron chi connectivity index (χ0n) is 12.4. The average Bonchev–Trinajstić information content (AvgIpc) is 2.43. The number of hydrogen-bond donors (Lipinski definition) is 1. The van der Waals surface area contributed by atoms with Gasteiger partial charge in [0.15, 0.2) is 5.54 Å². The quantitative estimate of drug-likeness (QED) is 0.908. The second-order valence-electron chi connectivity index (χ2n) is 5.38. The minimum Gasteiger partial charge on any atom is -0.334 e. The molecule has 0 aromatic heterocycles. The molecular formula is C15H21F3N2O. The van der Waals surface area contributed by atoms with E-state index in [0.29, 0.717) is 6.42 Å². The second-order valence-corrected chi connectivity index (χ2v) is 5.38. The molecule has 2 N–H and O–H groups in total. The van der Waals surface area contributed by atoms with Gasteiger partial charge in [-0.05, 0) is 25.8 Å². The van der Waals surface area contributed by atoms with Crippen LogP contribution in [0.4, 0.5) is 13.2 Å². The second kappa shape index (κ2) is 6.47. The standard InChI is InChI=1S/C15H21F3N2O/c1-4-11(2)20(10-12-8-6-5-7-9-12)13(21)14(3,19)15(16,17)18/h5-9,11H,4,10,19H2,1-3H3. The lowest BCUT2D eigenvalue weighted by Gasteiger charge is -2.36. The lowest BCUT2D eigenvalue weighted by Crippen LogP contribution is -2.63. The molecule has 1 aromatic rings. The predicted octanol–water partition coefficient (Wildman–Crippen LogP) is 3.09. The van der Waals surface area contributed by atoms with Crippen LogP contribution in [-0.2, 0) is 11.3 Å². The van der Waals surface area contributed by atoms with Crippen molar-refractivity contribution in [2.24, 2.45) is 5.73 Å². The Morgan fingerprint density at radius 3 is 2.24 bits per heavy atom. The van der Waals surface area contributed by atoms with Crippen molar-refractivity contribution in [3.63, 3.8) is 0 Å². The molecule has 0 fully saturated rings. The van der Waals surface area contributed by atoms with Gasteiger partial charge in [-0.3, -0.25) is 4.79 Å². The predicted molar refractivity (Wildman–Crippen MR) is 75.4 cm³/mol. The summed E-state index contributed by atoms with van der Waals surface area (Å²) in [7, 11) is 0. The first-order valence-electron chi connectivity index (χ1n) is 6.81. The van der Waals surface area contributed by atoms with Gasteiger partial charge in [0.2, 0.25) is 0 Å². The van der Waals surface area contributed by atoms with Gasteiger partial charge in [0, 0.05) is 12.6 Å². The van der Waals surface area contributed by atoms with Crippen molar-refractivity contribution < 1.29 is 18.0 Å². The van der Waals surface area contributed by atoms with Gasteiger partial charge in [-0.15, -0.1) is 0 Å². The van der Waals surface area contributed by atoms with Crippen molar-refractivity contribution in [1.29, 1.82) is 0 Å². The topological polar surface area (TPSA) is 46.3 Å². The number of nitrogens with two attached hydrogens (primary N) is 1. The average molecular weight is 302 g/mol. The molecule has 0 saturated heterocycles. The Balaban J connectivity index is 3.06. The number of carbonyl (C=O) groups is 1. The van der Waals surface area contributed by atoms with Crippen LogP contribution in [0.3, 0.4) is 0 Å². The maximum absolute atomic E-state index is 13.0. The summed E-state index contributed by atoms with van der Waals surface area (Å²) in [4.78, 5) is 13.5. The summed E-state index contributed by atoms with van der Waals surface area (Å²) >= 11 is 0. The third-order valence-corrected chi connectivity index (χ3v) is 3.61. The molecule has 0 aliphatic carbocycles. The van der Waals surface area contributed by atoms with E-state index in [1.807, 2.05) is 13.0 Å². The normalized spacial score (nSPS) is 16.1. The fourth-order valence-corrected chi connectivity index (χ4v) is 1.85. The van der Waals surface area contributed by atoms with Crippen LogP contribution in [0.5, 0.6) is 0 Å². The van der Waals surface area contributed by atoms with Gasteiger partial charge in [-0.1, -0.05) is 37.3 Å². The molecule has 1 aromatic carbocycles. The number of hydrogen-bond acceptors (Lipinski definition) is 2. The molecule has 0 bridgehead atoms. The molecule has 1 amide bonds. The number of carbonyl (C=O) groups excluding carboxylic acids is 1. The van der Waals surface area contributed by atoms with Crippen LogP contribution in [0.25, 0.3) is 0 Å². The zero-order chi connectivity index (χ0) is 16.3. The van der Waals surface area contributed by atoms with Crippen LogP contribution >= 0.6 is 0 Å². The summed E-state index contributed by atoms with van der Waals surface area (Å²) in [5.74, 6) is -1.10. The molecule has 2 unspecified atom stereocenters. The molecule has 0 spiro atoms. The molecule has 118 valence electrons. The van der Waals surface area contributed by atoms with E-state index in [-0.39, 0.29) is 12.6 Å². The van der Waals surface area contributed by atoms with Crippen molar-refractivity contribution in [3.05, 3.63) is 35.9 Å². The van der Waals surface area contributed by atoms with Gasteiger partial charge < -0.3 is 10.6 Å². The molecule has 0 heterocycles. The van der Waals surface area contributed by atoms with Gasteiger partial charge in [0.05, 0.1) is 0 Å². The molecule has 0 aliphatic heterocycles. The number of alkyl halides is 3. The van der Waals surface area contributed by atoms with Crippen molar-refractivity contribution in [3.8, 4) is 0 Å². The van der Waals surface area contributed by atoms with Crippen LogP contribution in [0, 0.1) is 0 Å². The zero-order valence-corrected chi connectivity index (χ0v) is 12.4. The summed E-state index contributed by atoms with van der Waals surface area (Å²) in [6.07, 6.45) is -4.24. The number of benzene rings is 1. The lowest BCUT2D eigenvalue weighted by molar-refractivity contribution is -0.195. The van der Waals surface area contributed by atoms with Gasteiger partial charge >= 0.3 is 6.18 Å². The highest BCUT2D eigenvalue weighted by Gasteiger charge is 2.55. The summed E-state index contributed by atoms with van der Waals surface area (Å²) in [5.41, 5.74) is 3.15. The van der Waals surface area contributed by atoms with Gasteiger partial charge in [0.25, 0.3) is 5.91 Å². The van der Waals surface area contributed by atoms with Crippen LogP contribution in [-0.4, -0.2) is 28.6 Å². The molecule has 0 saturated carbocycles. The molecule has 21 heavy (non-hydrogen) atoms. The summed E-state index contributed by atoms with van der Waals surface area (Å²) < 4.78 is 38.9. The van der Waals surface area contributed by atoms with Crippen LogP contribution in [0.2, 0.25) is 0 Å². The number of amides is 1. The van der Waals surface area contributed by atoms with E-state index in [4.69, 9.17) is 5.73 Å². The van der Waals surface area contributed by atoms with Crippen molar-refractivity contribution in [2.45, 2.75) is 51.5 Å². The van der Waals surface area contributed by atoms with Crippen molar-refractivity contribution >= 4 is 5.91 Å². The van der Waals surface area contributed by atoms with E-state index in [9.17, 15) is 18.0 Å². The van der Waals surface area contributed by atoms with Gasteiger partial charge in [-0.25, -0.2) is 0 Å².